The molecule has 3 aromatic rings. The Morgan fingerprint density at radius 1 is 1.07 bits per heavy atom. The molecule has 0 bridgehead atoms. The van der Waals surface area contributed by atoms with Crippen molar-refractivity contribution in [2.45, 2.75) is 33.2 Å². The summed E-state index contributed by atoms with van der Waals surface area (Å²) in [5.41, 5.74) is 2.48. The molecule has 0 aliphatic carbocycles. The first-order valence-electron chi connectivity index (χ1n) is 9.60. The maximum absolute atomic E-state index is 12.7. The number of aliphatic imine (C=N–C) groups is 1. The van der Waals surface area contributed by atoms with Gasteiger partial charge in [0.05, 0.1) is 11.6 Å². The van der Waals surface area contributed by atoms with Gasteiger partial charge in [-0.05, 0) is 56.2 Å². The molecule has 0 amide bonds. The van der Waals surface area contributed by atoms with Crippen molar-refractivity contribution < 1.29 is 22.3 Å². The molecule has 0 saturated heterocycles. The molecule has 7 heteroatoms. The molecule has 30 heavy (non-hydrogen) atoms. The summed E-state index contributed by atoms with van der Waals surface area (Å²) in [6.07, 6.45) is -4.79. The van der Waals surface area contributed by atoms with E-state index >= 15 is 0 Å². The SMILES string of the molecule is CCN=C(NC(C)c1ccccc1C)c1ccc(-c2ccccc2OC(F)(F)F)o1. The number of benzene rings is 2. The Labute approximate surface area is 173 Å². The number of nitrogens with zero attached hydrogens (tertiary/aromatic N) is 1. The summed E-state index contributed by atoms with van der Waals surface area (Å²) in [7, 11) is 0. The summed E-state index contributed by atoms with van der Waals surface area (Å²) in [6, 6.07) is 17.2. The van der Waals surface area contributed by atoms with Crippen LogP contribution in [0.5, 0.6) is 5.75 Å². The Hall–Kier alpha value is -3.22. The highest BCUT2D eigenvalue weighted by molar-refractivity contribution is 5.97. The normalized spacial score (nSPS) is 13.2. The fraction of sp³-hybridized carbons (Fsp3) is 0.261. The van der Waals surface area contributed by atoms with Crippen LogP contribution in [0.2, 0.25) is 0 Å². The van der Waals surface area contributed by atoms with Gasteiger partial charge in [0, 0.05) is 6.54 Å². The lowest BCUT2D eigenvalue weighted by molar-refractivity contribution is -0.274. The Morgan fingerprint density at radius 3 is 2.47 bits per heavy atom. The molecule has 158 valence electrons. The molecule has 1 unspecified atom stereocenters. The van der Waals surface area contributed by atoms with Crippen LogP contribution < -0.4 is 10.1 Å². The van der Waals surface area contributed by atoms with Crippen molar-refractivity contribution in [1.29, 1.82) is 0 Å². The second-order valence-corrected chi connectivity index (χ2v) is 6.75. The van der Waals surface area contributed by atoms with E-state index in [1.165, 1.54) is 18.2 Å². The summed E-state index contributed by atoms with van der Waals surface area (Å²) < 4.78 is 48.2. The van der Waals surface area contributed by atoms with Gasteiger partial charge < -0.3 is 14.5 Å². The van der Waals surface area contributed by atoms with Crippen LogP contribution in [0.1, 0.15) is 36.8 Å². The van der Waals surface area contributed by atoms with Gasteiger partial charge in [0.15, 0.2) is 11.6 Å². The van der Waals surface area contributed by atoms with Crippen LogP contribution in [0, 0.1) is 6.92 Å². The van der Waals surface area contributed by atoms with Crippen LogP contribution in [0.3, 0.4) is 0 Å². The van der Waals surface area contributed by atoms with Crippen molar-refractivity contribution in [3.05, 3.63) is 77.6 Å². The first-order chi connectivity index (χ1) is 14.3. The van der Waals surface area contributed by atoms with E-state index in [1.54, 1.807) is 18.2 Å². The second-order valence-electron chi connectivity index (χ2n) is 6.75. The largest absolute Gasteiger partial charge is 0.573 e. The van der Waals surface area contributed by atoms with E-state index < -0.39 is 6.36 Å². The van der Waals surface area contributed by atoms with E-state index in [0.29, 0.717) is 18.1 Å². The number of nitrogens with one attached hydrogen (secondary N) is 1. The molecule has 3 rings (SSSR count). The summed E-state index contributed by atoms with van der Waals surface area (Å²) >= 11 is 0. The van der Waals surface area contributed by atoms with Gasteiger partial charge in [-0.1, -0.05) is 36.4 Å². The molecule has 0 spiro atoms. The molecule has 1 aromatic heterocycles. The maximum atomic E-state index is 12.7. The van der Waals surface area contributed by atoms with Crippen LogP contribution in [0.4, 0.5) is 13.2 Å². The maximum Gasteiger partial charge on any atom is 0.573 e. The van der Waals surface area contributed by atoms with Gasteiger partial charge in [0.1, 0.15) is 11.5 Å². The Morgan fingerprint density at radius 2 is 1.77 bits per heavy atom. The number of halogens is 3. The highest BCUT2D eigenvalue weighted by Gasteiger charge is 2.32. The lowest BCUT2D eigenvalue weighted by atomic mass is 10.0. The Balaban J connectivity index is 1.88. The zero-order valence-corrected chi connectivity index (χ0v) is 17.0. The van der Waals surface area contributed by atoms with E-state index in [2.05, 4.69) is 15.0 Å². The zero-order chi connectivity index (χ0) is 21.7. The number of alkyl halides is 3. The molecule has 0 saturated carbocycles. The van der Waals surface area contributed by atoms with Gasteiger partial charge in [-0.3, -0.25) is 4.99 Å². The predicted molar refractivity (Wildman–Crippen MR) is 111 cm³/mol. The van der Waals surface area contributed by atoms with E-state index in [-0.39, 0.29) is 23.1 Å². The number of hydrogen-bond acceptors (Lipinski definition) is 3. The fourth-order valence-corrected chi connectivity index (χ4v) is 3.20. The van der Waals surface area contributed by atoms with Crippen molar-refractivity contribution in [3.63, 3.8) is 0 Å². The Kier molecular flexibility index (Phi) is 6.50. The van der Waals surface area contributed by atoms with E-state index in [0.717, 1.165) is 11.1 Å². The van der Waals surface area contributed by atoms with Crippen LogP contribution in [-0.2, 0) is 0 Å². The molecular weight excluding hydrogens is 393 g/mol. The second kappa shape index (κ2) is 9.07. The molecule has 0 radical (unpaired) electrons. The average Bonchev–Trinajstić information content (AvgIpc) is 3.17. The number of furan rings is 1. The molecule has 1 N–H and O–H groups in total. The van der Waals surface area contributed by atoms with Crippen LogP contribution in [-0.4, -0.2) is 18.7 Å². The molecule has 1 heterocycles. The summed E-state index contributed by atoms with van der Waals surface area (Å²) in [5, 5.41) is 3.35. The fourth-order valence-electron chi connectivity index (χ4n) is 3.20. The van der Waals surface area contributed by atoms with Gasteiger partial charge in [-0.15, -0.1) is 13.2 Å². The number of hydrogen-bond donors (Lipinski definition) is 1. The molecule has 2 aromatic carbocycles. The Bertz CT molecular complexity index is 1030. The van der Waals surface area contributed by atoms with E-state index in [4.69, 9.17) is 4.42 Å². The molecular formula is C23H23F3N2O2. The van der Waals surface area contributed by atoms with Crippen molar-refractivity contribution in [1.82, 2.24) is 5.32 Å². The van der Waals surface area contributed by atoms with Crippen molar-refractivity contribution in [2.75, 3.05) is 6.54 Å². The van der Waals surface area contributed by atoms with Crippen molar-refractivity contribution >= 4 is 5.84 Å². The third-order valence-electron chi connectivity index (χ3n) is 4.54. The minimum Gasteiger partial charge on any atom is -0.453 e. The van der Waals surface area contributed by atoms with Gasteiger partial charge in [-0.2, -0.15) is 0 Å². The topological polar surface area (TPSA) is 46.8 Å². The number of amidine groups is 1. The molecule has 0 fully saturated rings. The highest BCUT2D eigenvalue weighted by Crippen LogP contribution is 2.34. The lowest BCUT2D eigenvalue weighted by Gasteiger charge is -2.18. The average molecular weight is 416 g/mol. The van der Waals surface area contributed by atoms with Crippen molar-refractivity contribution in [2.24, 2.45) is 4.99 Å². The summed E-state index contributed by atoms with van der Waals surface area (Å²) in [5.74, 6) is 0.919. The van der Waals surface area contributed by atoms with E-state index in [9.17, 15) is 13.2 Å². The lowest BCUT2D eigenvalue weighted by Crippen LogP contribution is -2.28. The smallest absolute Gasteiger partial charge is 0.453 e. The van der Waals surface area contributed by atoms with Gasteiger partial charge in [0.2, 0.25) is 0 Å². The first kappa shape index (κ1) is 21.5. The monoisotopic (exact) mass is 416 g/mol. The van der Waals surface area contributed by atoms with Crippen LogP contribution in [0.15, 0.2) is 70.1 Å². The van der Waals surface area contributed by atoms with Crippen LogP contribution in [0.25, 0.3) is 11.3 Å². The number of ether oxygens (including phenoxy) is 1. The van der Waals surface area contributed by atoms with E-state index in [1.807, 2.05) is 45.0 Å². The van der Waals surface area contributed by atoms with Crippen molar-refractivity contribution in [3.8, 4) is 17.1 Å². The number of para-hydroxylation sites is 1. The summed E-state index contributed by atoms with van der Waals surface area (Å²) in [6.45, 7) is 6.47. The third-order valence-corrected chi connectivity index (χ3v) is 4.54. The molecule has 0 aliphatic rings. The standard InChI is InChI=1S/C23H23F3N2O2/c1-4-27-22(28-16(3)17-10-6-5-9-15(17)2)21-14-13-19(29-21)18-11-7-8-12-20(18)30-23(24,25)26/h5-14,16H,4H2,1-3H3,(H,27,28). The molecule has 0 aliphatic heterocycles. The number of rotatable bonds is 6. The van der Waals surface area contributed by atoms with Gasteiger partial charge >= 0.3 is 6.36 Å². The van der Waals surface area contributed by atoms with Gasteiger partial charge in [-0.25, -0.2) is 0 Å². The zero-order valence-electron chi connectivity index (χ0n) is 17.0. The minimum atomic E-state index is -4.79. The molecule has 4 nitrogen and oxygen atoms in total. The molecule has 1 atom stereocenters. The quantitative estimate of drug-likeness (QED) is 0.380. The van der Waals surface area contributed by atoms with Crippen LogP contribution >= 0.6 is 0 Å². The first-order valence-corrected chi connectivity index (χ1v) is 9.60. The number of aryl methyl sites for hydroxylation is 1. The highest BCUT2D eigenvalue weighted by atomic mass is 19.4. The van der Waals surface area contributed by atoms with Gasteiger partial charge in [0.25, 0.3) is 0 Å². The predicted octanol–water partition coefficient (Wildman–Crippen LogP) is 6.27. The minimum absolute atomic E-state index is 0.0362. The third kappa shape index (κ3) is 5.23. The summed E-state index contributed by atoms with van der Waals surface area (Å²) in [4.78, 5) is 4.48.